The van der Waals surface area contributed by atoms with E-state index >= 15 is 0 Å². The van der Waals surface area contributed by atoms with E-state index in [0.29, 0.717) is 0 Å². The summed E-state index contributed by atoms with van der Waals surface area (Å²) in [5, 5.41) is 13.3. The maximum absolute atomic E-state index is 2.47. The van der Waals surface area contributed by atoms with Crippen molar-refractivity contribution in [3.8, 4) is 122 Å². The molecule has 0 spiro atoms. The van der Waals surface area contributed by atoms with Crippen LogP contribution in [0.2, 0.25) is 0 Å². The van der Waals surface area contributed by atoms with Crippen molar-refractivity contribution in [2.45, 2.75) is 0 Å². The third-order valence-corrected chi connectivity index (χ3v) is 16.3. The van der Waals surface area contributed by atoms with Gasteiger partial charge in [0.1, 0.15) is 0 Å². The van der Waals surface area contributed by atoms with Crippen LogP contribution in [0.1, 0.15) is 0 Å². The molecule has 0 amide bonds. The summed E-state index contributed by atoms with van der Waals surface area (Å²) in [6, 6.07) is 83.1. The highest BCUT2D eigenvalue weighted by atomic mass is 14.3. The van der Waals surface area contributed by atoms with Gasteiger partial charge in [-0.1, -0.05) is 206 Å². The predicted octanol–water partition coefficient (Wildman–Crippen LogP) is 19.0. The van der Waals surface area contributed by atoms with Crippen LogP contribution in [0.15, 0.2) is 218 Å². The average Bonchev–Trinajstić information content (AvgIpc) is 4.12. The summed E-state index contributed by atoms with van der Waals surface area (Å²) < 4.78 is 0. The van der Waals surface area contributed by atoms with Crippen molar-refractivity contribution in [2.24, 2.45) is 0 Å². The Morgan fingerprint density at radius 1 is 0.147 bits per heavy atom. The van der Waals surface area contributed by atoms with Gasteiger partial charge < -0.3 is 0 Å². The minimum Gasteiger partial charge on any atom is -0.0616 e. The quantitative estimate of drug-likeness (QED) is 0.155. The molecule has 308 valence electrons. The van der Waals surface area contributed by atoms with Crippen LogP contribution in [0.3, 0.4) is 0 Å². The number of benzene rings is 13. The standard InChI is InChI=1S/C68H36/c1-3-13-43-41(11-1)48-19-7-17-46-39(29-31-55(43)63(46)48)37-25-27-45-57-33-34-58(51-21-9-22-53(65(51)57)61(45)35-37)66-50-15-5-6-16-52(50)67-59-28-26-38(36-62(59)54-23-10-24-60(66)68(54)67)40-30-32-56-44-14-4-2-12-42(44)49-20-8-18-47(40)64(49)56/h1-36H. The second-order valence-electron chi connectivity index (χ2n) is 19.3. The van der Waals surface area contributed by atoms with E-state index in [4.69, 9.17) is 0 Å². The zero-order valence-corrected chi connectivity index (χ0v) is 36.8. The van der Waals surface area contributed by atoms with Gasteiger partial charge in [-0.25, -0.2) is 0 Å². The Morgan fingerprint density at radius 2 is 0.456 bits per heavy atom. The van der Waals surface area contributed by atoms with Crippen LogP contribution >= 0.6 is 0 Å². The van der Waals surface area contributed by atoms with E-state index in [1.54, 1.807) is 0 Å². The smallest absolute Gasteiger partial charge is 0.00137 e. The van der Waals surface area contributed by atoms with Gasteiger partial charge in [0.25, 0.3) is 0 Å². The maximum Gasteiger partial charge on any atom is -0.00137 e. The van der Waals surface area contributed by atoms with E-state index in [9.17, 15) is 0 Å². The first kappa shape index (κ1) is 35.4. The molecule has 13 aromatic carbocycles. The van der Waals surface area contributed by atoms with Crippen molar-refractivity contribution in [3.05, 3.63) is 218 Å². The molecule has 0 saturated carbocycles. The maximum atomic E-state index is 2.47. The van der Waals surface area contributed by atoms with Crippen molar-refractivity contribution in [1.29, 1.82) is 0 Å². The molecule has 0 aromatic heterocycles. The number of rotatable bonds is 3. The minimum atomic E-state index is 1.26. The lowest BCUT2D eigenvalue weighted by molar-refractivity contribution is 1.65. The first-order chi connectivity index (χ1) is 33.8. The van der Waals surface area contributed by atoms with Crippen molar-refractivity contribution in [3.63, 3.8) is 0 Å². The fraction of sp³-hybridized carbons (Fsp3) is 0. The van der Waals surface area contributed by atoms with E-state index in [-0.39, 0.29) is 0 Å². The van der Waals surface area contributed by atoms with Crippen LogP contribution in [0, 0.1) is 0 Å². The van der Waals surface area contributed by atoms with E-state index < -0.39 is 0 Å². The van der Waals surface area contributed by atoms with Crippen LogP contribution in [0.25, 0.3) is 176 Å². The topological polar surface area (TPSA) is 0 Å². The largest absolute Gasteiger partial charge is 0.0616 e. The Hall–Kier alpha value is -8.84. The van der Waals surface area contributed by atoms with Gasteiger partial charge in [-0.3, -0.25) is 0 Å². The highest BCUT2D eigenvalue weighted by molar-refractivity contribution is 6.32. The molecule has 0 bridgehead atoms. The lowest BCUT2D eigenvalue weighted by Crippen LogP contribution is -1.90. The van der Waals surface area contributed by atoms with Crippen molar-refractivity contribution in [2.75, 3.05) is 0 Å². The van der Waals surface area contributed by atoms with Gasteiger partial charge in [0, 0.05) is 0 Å². The first-order valence-corrected chi connectivity index (χ1v) is 23.9. The predicted molar refractivity (Wildman–Crippen MR) is 288 cm³/mol. The molecule has 0 heterocycles. The van der Waals surface area contributed by atoms with Crippen LogP contribution in [-0.4, -0.2) is 0 Å². The molecule has 4 aliphatic rings. The Kier molecular flexibility index (Phi) is 6.53. The van der Waals surface area contributed by atoms with Gasteiger partial charge >= 0.3 is 0 Å². The van der Waals surface area contributed by atoms with Crippen LogP contribution < -0.4 is 0 Å². The summed E-state index contributed by atoms with van der Waals surface area (Å²) >= 11 is 0. The van der Waals surface area contributed by atoms with Crippen molar-refractivity contribution in [1.82, 2.24) is 0 Å². The summed E-state index contributed by atoms with van der Waals surface area (Å²) in [6.07, 6.45) is 0. The molecule has 0 radical (unpaired) electrons. The fourth-order valence-corrected chi connectivity index (χ4v) is 13.5. The number of hydrogen-bond donors (Lipinski definition) is 0. The lowest BCUT2D eigenvalue weighted by atomic mass is 9.85. The Balaban J connectivity index is 0.834. The third-order valence-electron chi connectivity index (χ3n) is 16.3. The second-order valence-corrected chi connectivity index (χ2v) is 19.3. The molecule has 0 nitrogen and oxygen atoms in total. The van der Waals surface area contributed by atoms with Gasteiger partial charge in [-0.15, -0.1) is 0 Å². The van der Waals surface area contributed by atoms with Gasteiger partial charge in [-0.05, 0) is 188 Å². The molecule has 17 rings (SSSR count). The van der Waals surface area contributed by atoms with E-state index in [1.807, 2.05) is 0 Å². The van der Waals surface area contributed by atoms with Gasteiger partial charge in [0.2, 0.25) is 0 Å². The van der Waals surface area contributed by atoms with E-state index in [0.717, 1.165) is 0 Å². The molecule has 0 heteroatoms. The Morgan fingerprint density at radius 3 is 0.985 bits per heavy atom. The van der Waals surface area contributed by atoms with Gasteiger partial charge in [0.05, 0.1) is 0 Å². The fourth-order valence-electron chi connectivity index (χ4n) is 13.5. The van der Waals surface area contributed by atoms with E-state index in [2.05, 4.69) is 218 Å². The minimum absolute atomic E-state index is 1.26. The summed E-state index contributed by atoms with van der Waals surface area (Å²) in [5.41, 5.74) is 28.9. The summed E-state index contributed by atoms with van der Waals surface area (Å²) in [5.74, 6) is 0. The monoisotopic (exact) mass is 852 g/mol. The van der Waals surface area contributed by atoms with Crippen molar-refractivity contribution >= 4 is 53.9 Å². The molecule has 0 fully saturated rings. The summed E-state index contributed by atoms with van der Waals surface area (Å²) in [6.45, 7) is 0. The lowest BCUT2D eigenvalue weighted by Gasteiger charge is -2.17. The van der Waals surface area contributed by atoms with E-state index in [1.165, 1.54) is 176 Å². The zero-order valence-electron chi connectivity index (χ0n) is 36.8. The molecule has 68 heavy (non-hydrogen) atoms. The first-order valence-electron chi connectivity index (χ1n) is 23.9. The second kappa shape index (κ2) is 12.5. The highest BCUT2D eigenvalue weighted by Gasteiger charge is 2.31. The van der Waals surface area contributed by atoms with Crippen LogP contribution in [0.5, 0.6) is 0 Å². The molecule has 0 unspecified atom stereocenters. The van der Waals surface area contributed by atoms with Crippen LogP contribution in [-0.2, 0) is 0 Å². The SMILES string of the molecule is c1ccc2c(c1)-c1cccc3c(-c4ccc5c(c4)-c4cccc6c(-c7c8ccccc8c8c9c(cccc79)-c7cc(-c9ccc%10c%11c(cccc9%11)-c9ccccc9-%10)ccc7-8)ccc-5c46)ccc-2c13. The average molecular weight is 853 g/mol. The molecule has 0 N–H and O–H groups in total. The molecule has 0 saturated heterocycles. The molecular weight excluding hydrogens is 817 g/mol. The number of fused-ring (bicyclic) bond motifs is 14. The molecule has 0 atom stereocenters. The van der Waals surface area contributed by atoms with Crippen molar-refractivity contribution < 1.29 is 0 Å². The van der Waals surface area contributed by atoms with Gasteiger partial charge in [0.15, 0.2) is 0 Å². The number of hydrogen-bond acceptors (Lipinski definition) is 0. The highest BCUT2D eigenvalue weighted by Crippen LogP contribution is 2.58. The zero-order chi connectivity index (χ0) is 43.9. The Bertz CT molecular complexity index is 4480. The molecule has 13 aromatic rings. The normalized spacial score (nSPS) is 12.7. The summed E-state index contributed by atoms with van der Waals surface area (Å²) in [7, 11) is 0. The molecule has 4 aliphatic carbocycles. The third kappa shape index (κ3) is 4.28. The Labute approximate surface area is 392 Å². The molecular formula is C68H36. The van der Waals surface area contributed by atoms with Gasteiger partial charge in [-0.2, -0.15) is 0 Å². The summed E-state index contributed by atoms with van der Waals surface area (Å²) in [4.78, 5) is 0. The molecule has 0 aliphatic heterocycles. The van der Waals surface area contributed by atoms with Crippen LogP contribution in [0.4, 0.5) is 0 Å².